The molecule has 0 heterocycles. The molecule has 4 N–H and O–H groups in total. The van der Waals surface area contributed by atoms with E-state index in [0.29, 0.717) is 18.0 Å². The minimum Gasteiger partial charge on any atom is -0.399 e. The molecule has 0 radical (unpaired) electrons. The van der Waals surface area contributed by atoms with Crippen molar-refractivity contribution >= 4 is 11.4 Å². The van der Waals surface area contributed by atoms with Gasteiger partial charge in [-0.3, -0.25) is 0 Å². The molecule has 1 atom stereocenters. The van der Waals surface area contributed by atoms with Crippen LogP contribution in [0, 0.1) is 0 Å². The maximum atomic E-state index is 5.79. The fourth-order valence-corrected chi connectivity index (χ4v) is 1.30. The second-order valence-electron chi connectivity index (χ2n) is 2.99. The molecule has 3 heteroatoms. The van der Waals surface area contributed by atoms with E-state index >= 15 is 0 Å². The second kappa shape index (κ2) is 4.14. The molecule has 13 heavy (non-hydrogen) atoms. The first-order valence-corrected chi connectivity index (χ1v) is 4.41. The Morgan fingerprint density at radius 1 is 1.38 bits per heavy atom. The SMILES string of the molecule is CCOC(C)c1ccc(N)cc1N. The van der Waals surface area contributed by atoms with Crippen molar-refractivity contribution < 1.29 is 4.74 Å². The van der Waals surface area contributed by atoms with E-state index in [-0.39, 0.29) is 6.10 Å². The third-order valence-electron chi connectivity index (χ3n) is 1.97. The molecule has 0 aliphatic rings. The number of rotatable bonds is 3. The van der Waals surface area contributed by atoms with Crippen molar-refractivity contribution in [3.8, 4) is 0 Å². The van der Waals surface area contributed by atoms with Crippen molar-refractivity contribution in [2.45, 2.75) is 20.0 Å². The summed E-state index contributed by atoms with van der Waals surface area (Å²) in [5, 5.41) is 0. The summed E-state index contributed by atoms with van der Waals surface area (Å²) in [5.41, 5.74) is 13.8. The van der Waals surface area contributed by atoms with Gasteiger partial charge in [-0.1, -0.05) is 6.07 Å². The zero-order chi connectivity index (χ0) is 9.84. The van der Waals surface area contributed by atoms with Crippen LogP contribution in [0.3, 0.4) is 0 Å². The molecule has 1 unspecified atom stereocenters. The Bertz CT molecular complexity index is 286. The smallest absolute Gasteiger partial charge is 0.0816 e. The van der Waals surface area contributed by atoms with Crippen LogP contribution in [0.15, 0.2) is 18.2 Å². The normalized spacial score (nSPS) is 12.8. The van der Waals surface area contributed by atoms with Crippen molar-refractivity contribution in [1.82, 2.24) is 0 Å². The van der Waals surface area contributed by atoms with Gasteiger partial charge in [0, 0.05) is 23.5 Å². The summed E-state index contributed by atoms with van der Waals surface area (Å²) in [6, 6.07) is 5.50. The Morgan fingerprint density at radius 2 is 2.08 bits per heavy atom. The lowest BCUT2D eigenvalue weighted by atomic mass is 10.1. The first-order valence-electron chi connectivity index (χ1n) is 4.41. The molecule has 0 aliphatic carbocycles. The lowest BCUT2D eigenvalue weighted by Gasteiger charge is -2.14. The van der Waals surface area contributed by atoms with Crippen LogP contribution in [-0.4, -0.2) is 6.61 Å². The lowest BCUT2D eigenvalue weighted by Crippen LogP contribution is -2.04. The Balaban J connectivity index is 2.88. The fourth-order valence-electron chi connectivity index (χ4n) is 1.30. The first-order chi connectivity index (χ1) is 6.15. The number of nitrogen functional groups attached to an aromatic ring is 2. The van der Waals surface area contributed by atoms with Crippen LogP contribution in [-0.2, 0) is 4.74 Å². The molecule has 0 amide bonds. The van der Waals surface area contributed by atoms with Crippen molar-refractivity contribution in [1.29, 1.82) is 0 Å². The predicted molar refractivity (Wildman–Crippen MR) is 55.3 cm³/mol. The molecule has 0 saturated carbocycles. The largest absolute Gasteiger partial charge is 0.399 e. The summed E-state index contributed by atoms with van der Waals surface area (Å²) in [4.78, 5) is 0. The van der Waals surface area contributed by atoms with Gasteiger partial charge < -0.3 is 16.2 Å². The van der Waals surface area contributed by atoms with E-state index in [1.807, 2.05) is 26.0 Å². The van der Waals surface area contributed by atoms with Crippen LogP contribution in [0.2, 0.25) is 0 Å². The third kappa shape index (κ3) is 2.36. The number of anilines is 2. The van der Waals surface area contributed by atoms with Crippen molar-refractivity contribution in [2.75, 3.05) is 18.1 Å². The number of ether oxygens (including phenoxy) is 1. The number of benzene rings is 1. The van der Waals surface area contributed by atoms with E-state index in [2.05, 4.69) is 0 Å². The molecule has 0 saturated heterocycles. The maximum Gasteiger partial charge on any atom is 0.0816 e. The summed E-state index contributed by atoms with van der Waals surface area (Å²) < 4.78 is 5.43. The van der Waals surface area contributed by atoms with Crippen LogP contribution in [0.4, 0.5) is 11.4 Å². The van der Waals surface area contributed by atoms with Crippen molar-refractivity contribution in [3.63, 3.8) is 0 Å². The highest BCUT2D eigenvalue weighted by Crippen LogP contribution is 2.24. The summed E-state index contributed by atoms with van der Waals surface area (Å²) in [7, 11) is 0. The number of hydrogen-bond acceptors (Lipinski definition) is 3. The Labute approximate surface area is 78.7 Å². The zero-order valence-electron chi connectivity index (χ0n) is 8.08. The summed E-state index contributed by atoms with van der Waals surface area (Å²) in [6.07, 6.45) is 0.0330. The molecule has 1 aromatic carbocycles. The molecule has 72 valence electrons. The fraction of sp³-hybridized carbons (Fsp3) is 0.400. The van der Waals surface area contributed by atoms with Crippen molar-refractivity contribution in [2.24, 2.45) is 0 Å². The maximum absolute atomic E-state index is 5.79. The number of hydrogen-bond donors (Lipinski definition) is 2. The highest BCUT2D eigenvalue weighted by atomic mass is 16.5. The molecule has 0 aromatic heterocycles. The molecule has 0 spiro atoms. The topological polar surface area (TPSA) is 61.3 Å². The Hall–Kier alpha value is -1.22. The van der Waals surface area contributed by atoms with Gasteiger partial charge in [0.1, 0.15) is 0 Å². The van der Waals surface area contributed by atoms with Gasteiger partial charge in [-0.2, -0.15) is 0 Å². The van der Waals surface area contributed by atoms with E-state index in [1.54, 1.807) is 6.07 Å². The van der Waals surface area contributed by atoms with Gasteiger partial charge in [0.2, 0.25) is 0 Å². The van der Waals surface area contributed by atoms with Crippen LogP contribution in [0.5, 0.6) is 0 Å². The molecule has 0 aliphatic heterocycles. The molecule has 1 aromatic rings. The van der Waals surface area contributed by atoms with Gasteiger partial charge in [-0.15, -0.1) is 0 Å². The zero-order valence-corrected chi connectivity index (χ0v) is 8.08. The van der Waals surface area contributed by atoms with E-state index in [4.69, 9.17) is 16.2 Å². The lowest BCUT2D eigenvalue weighted by molar-refractivity contribution is 0.0769. The van der Waals surface area contributed by atoms with E-state index in [0.717, 1.165) is 5.56 Å². The van der Waals surface area contributed by atoms with E-state index < -0.39 is 0 Å². The van der Waals surface area contributed by atoms with Gasteiger partial charge in [0.25, 0.3) is 0 Å². The molecule has 0 bridgehead atoms. The van der Waals surface area contributed by atoms with Crippen molar-refractivity contribution in [3.05, 3.63) is 23.8 Å². The van der Waals surface area contributed by atoms with Gasteiger partial charge in [-0.25, -0.2) is 0 Å². The van der Waals surface area contributed by atoms with Gasteiger partial charge >= 0.3 is 0 Å². The molecular formula is C10H16N2O. The van der Waals surface area contributed by atoms with E-state index in [1.165, 1.54) is 0 Å². The Morgan fingerprint density at radius 3 is 2.62 bits per heavy atom. The molecule has 1 rings (SSSR count). The van der Waals surface area contributed by atoms with Gasteiger partial charge in [0.15, 0.2) is 0 Å². The van der Waals surface area contributed by atoms with Crippen LogP contribution < -0.4 is 11.5 Å². The minimum absolute atomic E-state index is 0.0330. The van der Waals surface area contributed by atoms with E-state index in [9.17, 15) is 0 Å². The van der Waals surface area contributed by atoms with Crippen LogP contribution >= 0.6 is 0 Å². The van der Waals surface area contributed by atoms with Gasteiger partial charge in [-0.05, 0) is 26.0 Å². The summed E-state index contributed by atoms with van der Waals surface area (Å²) in [5.74, 6) is 0. The molecular weight excluding hydrogens is 164 g/mol. The second-order valence-corrected chi connectivity index (χ2v) is 2.99. The minimum atomic E-state index is 0.0330. The Kier molecular flexibility index (Phi) is 3.14. The third-order valence-corrected chi connectivity index (χ3v) is 1.97. The number of nitrogens with two attached hydrogens (primary N) is 2. The molecule has 3 nitrogen and oxygen atoms in total. The standard InChI is InChI=1S/C10H16N2O/c1-3-13-7(2)9-5-4-8(11)6-10(9)12/h4-7H,3,11-12H2,1-2H3. The molecule has 0 fully saturated rings. The highest BCUT2D eigenvalue weighted by molar-refractivity contribution is 5.57. The average molecular weight is 180 g/mol. The monoisotopic (exact) mass is 180 g/mol. The van der Waals surface area contributed by atoms with Crippen LogP contribution in [0.1, 0.15) is 25.5 Å². The summed E-state index contributed by atoms with van der Waals surface area (Å²) in [6.45, 7) is 4.63. The summed E-state index contributed by atoms with van der Waals surface area (Å²) >= 11 is 0. The van der Waals surface area contributed by atoms with Crippen LogP contribution in [0.25, 0.3) is 0 Å². The highest BCUT2D eigenvalue weighted by Gasteiger charge is 2.08. The average Bonchev–Trinajstić information content (AvgIpc) is 2.04. The van der Waals surface area contributed by atoms with Gasteiger partial charge in [0.05, 0.1) is 6.10 Å². The first kappa shape index (κ1) is 9.86. The quantitative estimate of drug-likeness (QED) is 0.699. The predicted octanol–water partition coefficient (Wildman–Crippen LogP) is 1.95.